The third-order valence-corrected chi connectivity index (χ3v) is 4.43. The van der Waals surface area contributed by atoms with Crippen molar-refractivity contribution in [2.45, 2.75) is 45.4 Å². The summed E-state index contributed by atoms with van der Waals surface area (Å²) in [6, 6.07) is 15.3. The third-order valence-electron chi connectivity index (χ3n) is 4.18. The Hall–Kier alpha value is -2.24. The predicted molar refractivity (Wildman–Crippen MR) is 111 cm³/mol. The minimum absolute atomic E-state index is 0.106. The average Bonchev–Trinajstić information content (AvgIpc) is 2.65. The fourth-order valence-corrected chi connectivity index (χ4v) is 2.75. The van der Waals surface area contributed by atoms with E-state index in [1.165, 1.54) is 19.3 Å². The number of hydrogen-bond acceptors (Lipinski definition) is 2. The molecule has 2 aromatic rings. The van der Waals surface area contributed by atoms with Gasteiger partial charge < -0.3 is 5.32 Å². The number of rotatable bonds is 9. The number of nitrogens with one attached hydrogen (secondary N) is 1. The van der Waals surface area contributed by atoms with E-state index in [2.05, 4.69) is 17.2 Å². The Morgan fingerprint density at radius 2 is 1.58 bits per heavy atom. The molecule has 0 spiro atoms. The molecule has 0 aliphatic heterocycles. The number of carbonyl (C=O) groups is 1. The Labute approximate surface area is 162 Å². The van der Waals surface area contributed by atoms with Gasteiger partial charge >= 0.3 is 0 Å². The van der Waals surface area contributed by atoms with Crippen LogP contribution in [0.5, 0.6) is 0 Å². The maximum absolute atomic E-state index is 11.2. The molecule has 0 aliphatic carbocycles. The van der Waals surface area contributed by atoms with E-state index in [0.717, 1.165) is 47.6 Å². The van der Waals surface area contributed by atoms with Gasteiger partial charge in [0.2, 0.25) is 0 Å². The van der Waals surface area contributed by atoms with E-state index in [0.29, 0.717) is 0 Å². The average molecular weight is 368 g/mol. The molecule has 0 aliphatic rings. The van der Waals surface area contributed by atoms with E-state index in [9.17, 15) is 4.79 Å². The van der Waals surface area contributed by atoms with E-state index in [4.69, 9.17) is 11.6 Å². The van der Waals surface area contributed by atoms with Crippen LogP contribution in [0, 0.1) is 11.8 Å². The molecule has 0 heterocycles. The second-order valence-electron chi connectivity index (χ2n) is 6.39. The van der Waals surface area contributed by atoms with Crippen LogP contribution >= 0.6 is 11.6 Å². The highest BCUT2D eigenvalue weighted by molar-refractivity contribution is 6.30. The van der Waals surface area contributed by atoms with E-state index in [-0.39, 0.29) is 5.78 Å². The molecule has 3 heteroatoms. The Morgan fingerprint density at radius 1 is 0.923 bits per heavy atom. The molecule has 0 aromatic heterocycles. The zero-order valence-electron chi connectivity index (χ0n) is 15.4. The van der Waals surface area contributed by atoms with Crippen LogP contribution in [0.4, 0.5) is 5.69 Å². The van der Waals surface area contributed by atoms with Crippen LogP contribution in [-0.4, -0.2) is 12.3 Å². The SMILES string of the molecule is CC(=O)c1ccc(NCCCCCCCC#Cc2ccc(Cl)cc2)cc1. The summed E-state index contributed by atoms with van der Waals surface area (Å²) in [7, 11) is 0. The summed E-state index contributed by atoms with van der Waals surface area (Å²) in [6.07, 6.45) is 6.95. The van der Waals surface area contributed by atoms with Gasteiger partial charge in [-0.15, -0.1) is 0 Å². The van der Waals surface area contributed by atoms with Gasteiger partial charge in [-0.05, 0) is 68.3 Å². The zero-order valence-corrected chi connectivity index (χ0v) is 16.1. The molecule has 0 amide bonds. The molecule has 0 saturated heterocycles. The van der Waals surface area contributed by atoms with Crippen LogP contribution in [0.3, 0.4) is 0 Å². The van der Waals surface area contributed by atoms with Crippen molar-refractivity contribution in [1.29, 1.82) is 0 Å². The Bertz CT molecular complexity index is 739. The molecule has 26 heavy (non-hydrogen) atoms. The molecule has 0 bridgehead atoms. The van der Waals surface area contributed by atoms with Crippen molar-refractivity contribution in [2.75, 3.05) is 11.9 Å². The van der Waals surface area contributed by atoms with Crippen LogP contribution in [0.25, 0.3) is 0 Å². The fraction of sp³-hybridized carbons (Fsp3) is 0.348. The molecule has 0 unspecified atom stereocenters. The number of hydrogen-bond donors (Lipinski definition) is 1. The molecule has 0 saturated carbocycles. The highest BCUT2D eigenvalue weighted by atomic mass is 35.5. The molecule has 2 nitrogen and oxygen atoms in total. The number of halogens is 1. The van der Waals surface area contributed by atoms with E-state index >= 15 is 0 Å². The number of unbranched alkanes of at least 4 members (excludes halogenated alkanes) is 5. The molecule has 0 radical (unpaired) electrons. The molecule has 0 fully saturated rings. The monoisotopic (exact) mass is 367 g/mol. The van der Waals surface area contributed by atoms with Crippen molar-refractivity contribution < 1.29 is 4.79 Å². The summed E-state index contributed by atoms with van der Waals surface area (Å²) in [6.45, 7) is 2.56. The summed E-state index contributed by atoms with van der Waals surface area (Å²) in [5.74, 6) is 6.51. The number of Topliss-reactive ketones (excluding diaryl/α,β-unsaturated/α-hetero) is 1. The standard InChI is InChI=1S/C23H26ClNO/c1-19(26)21-12-16-23(17-13-21)25-18-8-6-4-2-3-5-7-9-20-10-14-22(24)15-11-20/h10-17,25H,2-6,8,18H2,1H3. The topological polar surface area (TPSA) is 29.1 Å². The maximum Gasteiger partial charge on any atom is 0.159 e. The van der Waals surface area contributed by atoms with Crippen LogP contribution in [-0.2, 0) is 0 Å². The summed E-state index contributed by atoms with van der Waals surface area (Å²) in [5.41, 5.74) is 2.86. The first-order valence-electron chi connectivity index (χ1n) is 9.24. The van der Waals surface area contributed by atoms with Crippen molar-refractivity contribution in [3.05, 3.63) is 64.7 Å². The van der Waals surface area contributed by atoms with Gasteiger partial charge in [0, 0.05) is 34.8 Å². The number of ketones is 1. The molecule has 1 N–H and O–H groups in total. The van der Waals surface area contributed by atoms with Gasteiger partial charge in [-0.2, -0.15) is 0 Å². The normalized spacial score (nSPS) is 10.1. The number of carbonyl (C=O) groups excluding carboxylic acids is 1. The smallest absolute Gasteiger partial charge is 0.159 e. The van der Waals surface area contributed by atoms with Crippen molar-refractivity contribution >= 4 is 23.1 Å². The molecule has 136 valence electrons. The lowest BCUT2D eigenvalue weighted by Gasteiger charge is -2.06. The van der Waals surface area contributed by atoms with Gasteiger partial charge in [0.1, 0.15) is 0 Å². The molecule has 2 rings (SSSR count). The molecule has 0 atom stereocenters. The van der Waals surface area contributed by atoms with Gasteiger partial charge in [-0.3, -0.25) is 4.79 Å². The highest BCUT2D eigenvalue weighted by Gasteiger charge is 1.98. The van der Waals surface area contributed by atoms with E-state index in [1.54, 1.807) is 6.92 Å². The second-order valence-corrected chi connectivity index (χ2v) is 6.82. The lowest BCUT2D eigenvalue weighted by atomic mass is 10.1. The summed E-state index contributed by atoms with van der Waals surface area (Å²) >= 11 is 5.85. The zero-order chi connectivity index (χ0) is 18.6. The second kappa shape index (κ2) is 11.4. The van der Waals surface area contributed by atoms with Crippen LogP contribution in [0.1, 0.15) is 61.4 Å². The van der Waals surface area contributed by atoms with Gasteiger partial charge in [-0.1, -0.05) is 42.7 Å². The molecule has 2 aromatic carbocycles. The Kier molecular flexibility index (Phi) is 8.79. The maximum atomic E-state index is 11.2. The minimum atomic E-state index is 0.106. The van der Waals surface area contributed by atoms with Gasteiger partial charge in [-0.25, -0.2) is 0 Å². The van der Waals surface area contributed by atoms with Crippen molar-refractivity contribution in [3.63, 3.8) is 0 Å². The van der Waals surface area contributed by atoms with Crippen LogP contribution < -0.4 is 5.32 Å². The Balaban J connectivity index is 1.49. The molecular weight excluding hydrogens is 342 g/mol. The van der Waals surface area contributed by atoms with Crippen LogP contribution in [0.2, 0.25) is 5.02 Å². The predicted octanol–water partition coefficient (Wildman–Crippen LogP) is 6.35. The summed E-state index contributed by atoms with van der Waals surface area (Å²) < 4.78 is 0. The first-order chi connectivity index (χ1) is 12.6. The lowest BCUT2D eigenvalue weighted by Crippen LogP contribution is -2.01. The van der Waals surface area contributed by atoms with Crippen molar-refractivity contribution in [2.24, 2.45) is 0 Å². The first-order valence-corrected chi connectivity index (χ1v) is 9.62. The van der Waals surface area contributed by atoms with E-state index in [1.807, 2.05) is 48.5 Å². The number of benzene rings is 2. The van der Waals surface area contributed by atoms with Gasteiger partial charge in [0.15, 0.2) is 5.78 Å². The minimum Gasteiger partial charge on any atom is -0.385 e. The molecular formula is C23H26ClNO. The highest BCUT2D eigenvalue weighted by Crippen LogP contribution is 2.11. The lowest BCUT2D eigenvalue weighted by molar-refractivity contribution is 0.101. The van der Waals surface area contributed by atoms with Crippen molar-refractivity contribution in [3.8, 4) is 11.8 Å². The van der Waals surface area contributed by atoms with Crippen LogP contribution in [0.15, 0.2) is 48.5 Å². The Morgan fingerprint density at radius 3 is 2.27 bits per heavy atom. The first kappa shape index (κ1) is 20.1. The van der Waals surface area contributed by atoms with Gasteiger partial charge in [0.05, 0.1) is 0 Å². The fourth-order valence-electron chi connectivity index (χ4n) is 2.62. The summed E-state index contributed by atoms with van der Waals surface area (Å²) in [4.78, 5) is 11.2. The quantitative estimate of drug-likeness (QED) is 0.318. The van der Waals surface area contributed by atoms with E-state index < -0.39 is 0 Å². The largest absolute Gasteiger partial charge is 0.385 e. The number of anilines is 1. The van der Waals surface area contributed by atoms with Gasteiger partial charge in [0.25, 0.3) is 0 Å². The van der Waals surface area contributed by atoms with Crippen molar-refractivity contribution in [1.82, 2.24) is 0 Å². The third kappa shape index (κ3) is 7.76. The summed E-state index contributed by atoms with van der Waals surface area (Å²) in [5, 5.41) is 4.15.